The van der Waals surface area contributed by atoms with Crippen LogP contribution in [0, 0.1) is 0 Å². The second kappa shape index (κ2) is 6.73. The highest BCUT2D eigenvalue weighted by molar-refractivity contribution is 7.17. The molecule has 0 bridgehead atoms. The van der Waals surface area contributed by atoms with Crippen molar-refractivity contribution in [3.63, 3.8) is 0 Å². The number of pyridine rings is 1. The smallest absolute Gasteiger partial charge is 0.261 e. The molecule has 2 heterocycles. The van der Waals surface area contributed by atoms with Crippen LogP contribution in [0.1, 0.15) is 15.2 Å². The number of benzene rings is 1. The number of nitrogens with zero attached hydrogens (tertiary/aromatic N) is 1. The van der Waals surface area contributed by atoms with E-state index in [9.17, 15) is 4.79 Å². The van der Waals surface area contributed by atoms with Gasteiger partial charge in [-0.15, -0.1) is 11.3 Å². The molecule has 22 heavy (non-hydrogen) atoms. The first kappa shape index (κ1) is 14.8. The Morgan fingerprint density at radius 1 is 1.14 bits per heavy atom. The van der Waals surface area contributed by atoms with Crippen LogP contribution >= 0.6 is 22.9 Å². The van der Waals surface area contributed by atoms with Gasteiger partial charge in [-0.1, -0.05) is 35.9 Å². The largest absolute Gasteiger partial charge is 0.347 e. The number of hydrogen-bond donors (Lipinski definition) is 1. The number of carbonyl (C=O) groups excluding carboxylic acids is 1. The van der Waals surface area contributed by atoms with Gasteiger partial charge in [0.15, 0.2) is 0 Å². The van der Waals surface area contributed by atoms with Crippen molar-refractivity contribution < 1.29 is 4.79 Å². The van der Waals surface area contributed by atoms with E-state index in [1.54, 1.807) is 12.4 Å². The number of halogens is 1. The van der Waals surface area contributed by atoms with Crippen LogP contribution in [0.4, 0.5) is 0 Å². The number of nitrogens with one attached hydrogen (secondary N) is 1. The quantitative estimate of drug-likeness (QED) is 0.771. The SMILES string of the molecule is O=C(NCc1cccnc1)c1ccc(-c2ccccc2Cl)s1. The molecule has 0 aliphatic carbocycles. The zero-order valence-corrected chi connectivity index (χ0v) is 13.2. The van der Waals surface area contributed by atoms with E-state index in [-0.39, 0.29) is 5.91 Å². The van der Waals surface area contributed by atoms with Gasteiger partial charge in [-0.2, -0.15) is 0 Å². The minimum atomic E-state index is -0.0906. The van der Waals surface area contributed by atoms with Crippen LogP contribution in [-0.4, -0.2) is 10.9 Å². The molecule has 0 spiro atoms. The first-order chi connectivity index (χ1) is 10.7. The molecule has 110 valence electrons. The molecular weight excluding hydrogens is 316 g/mol. The number of thiophene rings is 1. The van der Waals surface area contributed by atoms with Crippen LogP contribution in [0.25, 0.3) is 10.4 Å². The molecule has 0 saturated heterocycles. The average Bonchev–Trinajstić information content (AvgIpc) is 3.04. The Bertz CT molecular complexity index is 786. The van der Waals surface area contributed by atoms with E-state index in [4.69, 9.17) is 11.6 Å². The standard InChI is InChI=1S/C17H13ClN2OS/c18-14-6-2-1-5-13(14)15-7-8-16(22-15)17(21)20-11-12-4-3-9-19-10-12/h1-10H,11H2,(H,20,21). The van der Waals surface area contributed by atoms with Gasteiger partial charge in [0.1, 0.15) is 0 Å². The predicted octanol–water partition coefficient (Wildman–Crippen LogP) is 4.39. The van der Waals surface area contributed by atoms with Gasteiger partial charge in [-0.25, -0.2) is 0 Å². The van der Waals surface area contributed by atoms with Crippen molar-refractivity contribution in [3.8, 4) is 10.4 Å². The summed E-state index contributed by atoms with van der Waals surface area (Å²) in [7, 11) is 0. The van der Waals surface area contributed by atoms with Gasteiger partial charge in [0, 0.05) is 34.4 Å². The summed E-state index contributed by atoms with van der Waals surface area (Å²) < 4.78 is 0. The highest BCUT2D eigenvalue weighted by Gasteiger charge is 2.11. The molecule has 3 nitrogen and oxygen atoms in total. The van der Waals surface area contributed by atoms with Gasteiger partial charge in [-0.3, -0.25) is 9.78 Å². The third-order valence-electron chi connectivity index (χ3n) is 3.14. The van der Waals surface area contributed by atoms with Gasteiger partial charge >= 0.3 is 0 Å². The Kier molecular flexibility index (Phi) is 4.51. The van der Waals surface area contributed by atoms with Crippen molar-refractivity contribution in [3.05, 3.63) is 76.4 Å². The molecule has 0 aliphatic rings. The van der Waals surface area contributed by atoms with Crippen LogP contribution in [0.5, 0.6) is 0 Å². The lowest BCUT2D eigenvalue weighted by Crippen LogP contribution is -2.21. The van der Waals surface area contributed by atoms with Crippen LogP contribution in [0.3, 0.4) is 0 Å². The summed E-state index contributed by atoms with van der Waals surface area (Å²) in [6.45, 7) is 0.464. The first-order valence-electron chi connectivity index (χ1n) is 6.76. The zero-order valence-electron chi connectivity index (χ0n) is 11.6. The van der Waals surface area contributed by atoms with E-state index in [0.717, 1.165) is 16.0 Å². The molecule has 0 unspecified atom stereocenters. The van der Waals surface area contributed by atoms with Gasteiger partial charge in [-0.05, 0) is 29.8 Å². The maximum Gasteiger partial charge on any atom is 0.261 e. The maximum atomic E-state index is 12.2. The first-order valence-corrected chi connectivity index (χ1v) is 7.95. The van der Waals surface area contributed by atoms with Crippen LogP contribution < -0.4 is 5.32 Å². The fourth-order valence-electron chi connectivity index (χ4n) is 2.04. The molecule has 0 saturated carbocycles. The van der Waals surface area contributed by atoms with Crippen molar-refractivity contribution in [1.82, 2.24) is 10.3 Å². The molecule has 5 heteroatoms. The second-order valence-electron chi connectivity index (χ2n) is 4.69. The topological polar surface area (TPSA) is 42.0 Å². The average molecular weight is 329 g/mol. The molecule has 3 aromatic rings. The number of hydrogen-bond acceptors (Lipinski definition) is 3. The van der Waals surface area contributed by atoms with Crippen LogP contribution in [-0.2, 0) is 6.54 Å². The van der Waals surface area contributed by atoms with E-state index in [1.807, 2.05) is 48.5 Å². The molecule has 1 aromatic carbocycles. The van der Waals surface area contributed by atoms with E-state index in [0.29, 0.717) is 16.4 Å². The number of aromatic nitrogens is 1. The summed E-state index contributed by atoms with van der Waals surface area (Å²) in [5.74, 6) is -0.0906. The zero-order chi connectivity index (χ0) is 15.4. The molecule has 2 aromatic heterocycles. The summed E-state index contributed by atoms with van der Waals surface area (Å²) >= 11 is 7.62. The van der Waals surface area contributed by atoms with Gasteiger partial charge in [0.2, 0.25) is 0 Å². The van der Waals surface area contributed by atoms with Crippen molar-refractivity contribution >= 4 is 28.8 Å². The summed E-state index contributed by atoms with van der Waals surface area (Å²) in [4.78, 5) is 17.9. The van der Waals surface area contributed by atoms with E-state index >= 15 is 0 Å². The third kappa shape index (κ3) is 3.35. The van der Waals surface area contributed by atoms with Crippen molar-refractivity contribution in [2.24, 2.45) is 0 Å². The normalized spacial score (nSPS) is 10.4. The Morgan fingerprint density at radius 2 is 2.00 bits per heavy atom. The molecule has 0 radical (unpaired) electrons. The van der Waals surface area contributed by atoms with Crippen LogP contribution in [0.2, 0.25) is 5.02 Å². The molecule has 0 fully saturated rings. The predicted molar refractivity (Wildman–Crippen MR) is 90.2 cm³/mol. The van der Waals surface area contributed by atoms with Crippen LogP contribution in [0.15, 0.2) is 60.9 Å². The Morgan fingerprint density at radius 3 is 2.77 bits per heavy atom. The Labute approximate surface area is 137 Å². The molecule has 1 N–H and O–H groups in total. The summed E-state index contributed by atoms with van der Waals surface area (Å²) in [6, 6.07) is 15.1. The lowest BCUT2D eigenvalue weighted by molar-refractivity contribution is 0.0955. The summed E-state index contributed by atoms with van der Waals surface area (Å²) in [5, 5.41) is 3.58. The molecule has 0 atom stereocenters. The van der Waals surface area contributed by atoms with E-state index in [2.05, 4.69) is 10.3 Å². The summed E-state index contributed by atoms with van der Waals surface area (Å²) in [5.41, 5.74) is 1.92. The summed E-state index contributed by atoms with van der Waals surface area (Å²) in [6.07, 6.45) is 3.45. The van der Waals surface area contributed by atoms with E-state index in [1.165, 1.54) is 11.3 Å². The number of rotatable bonds is 4. The van der Waals surface area contributed by atoms with Crippen molar-refractivity contribution in [2.75, 3.05) is 0 Å². The fourth-order valence-corrected chi connectivity index (χ4v) is 3.29. The maximum absolute atomic E-state index is 12.2. The highest BCUT2D eigenvalue weighted by atomic mass is 35.5. The second-order valence-corrected chi connectivity index (χ2v) is 6.18. The Hall–Kier alpha value is -2.17. The lowest BCUT2D eigenvalue weighted by Gasteiger charge is -2.03. The molecule has 3 rings (SSSR count). The van der Waals surface area contributed by atoms with Gasteiger partial charge in [0.25, 0.3) is 5.91 Å². The minimum Gasteiger partial charge on any atom is -0.347 e. The third-order valence-corrected chi connectivity index (χ3v) is 4.59. The van der Waals surface area contributed by atoms with Crippen molar-refractivity contribution in [1.29, 1.82) is 0 Å². The van der Waals surface area contributed by atoms with Crippen molar-refractivity contribution in [2.45, 2.75) is 6.54 Å². The molecule has 1 amide bonds. The number of carbonyl (C=O) groups is 1. The number of amides is 1. The van der Waals surface area contributed by atoms with Gasteiger partial charge in [0.05, 0.1) is 4.88 Å². The molecular formula is C17H13ClN2OS. The molecule has 0 aliphatic heterocycles. The minimum absolute atomic E-state index is 0.0906. The van der Waals surface area contributed by atoms with Gasteiger partial charge < -0.3 is 5.32 Å². The monoisotopic (exact) mass is 328 g/mol. The Balaban J connectivity index is 1.71. The highest BCUT2D eigenvalue weighted by Crippen LogP contribution is 2.33. The lowest BCUT2D eigenvalue weighted by atomic mass is 10.2. The fraction of sp³-hybridized carbons (Fsp3) is 0.0588. The van der Waals surface area contributed by atoms with E-state index < -0.39 is 0 Å².